The number of pyridine rings is 1. The summed E-state index contributed by atoms with van der Waals surface area (Å²) in [6.45, 7) is 4.16. The highest BCUT2D eigenvalue weighted by Crippen LogP contribution is 2.30. The minimum Gasteiger partial charge on any atom is -0.453 e. The molecule has 0 aliphatic carbocycles. The number of para-hydroxylation sites is 1. The van der Waals surface area contributed by atoms with Crippen LogP contribution >= 0.6 is 23.4 Å². The van der Waals surface area contributed by atoms with Crippen LogP contribution in [0, 0.1) is 0 Å². The maximum absolute atomic E-state index is 14.1. The largest absolute Gasteiger partial charge is 0.453 e. The highest BCUT2D eigenvalue weighted by atomic mass is 35.5. The first-order chi connectivity index (χ1) is 22.5. The van der Waals surface area contributed by atoms with Crippen LogP contribution in [-0.4, -0.2) is 61.7 Å². The quantitative estimate of drug-likeness (QED) is 0.0832. The zero-order valence-corrected chi connectivity index (χ0v) is 27.7. The van der Waals surface area contributed by atoms with E-state index in [1.54, 1.807) is 18.0 Å². The molecule has 1 heterocycles. The topological polar surface area (TPSA) is 102 Å². The number of anilines is 1. The van der Waals surface area contributed by atoms with Gasteiger partial charge in [-0.1, -0.05) is 97.4 Å². The summed E-state index contributed by atoms with van der Waals surface area (Å²) in [5.74, 6) is -0.0727. The number of carbonyl (C=O) groups excluding carboxylic acids is 2. The van der Waals surface area contributed by atoms with Crippen molar-refractivity contribution in [3.8, 4) is 0 Å². The van der Waals surface area contributed by atoms with Crippen molar-refractivity contribution < 1.29 is 19.1 Å². The molecule has 2 atom stereocenters. The Hall–Kier alpha value is -3.89. The van der Waals surface area contributed by atoms with Crippen molar-refractivity contribution in [2.75, 3.05) is 37.9 Å². The minimum atomic E-state index is -0.944. The van der Waals surface area contributed by atoms with Crippen LogP contribution < -0.4 is 16.0 Å². The number of rotatable bonds is 17. The van der Waals surface area contributed by atoms with Crippen LogP contribution in [-0.2, 0) is 20.7 Å². The van der Waals surface area contributed by atoms with Gasteiger partial charge in [0.2, 0.25) is 5.91 Å². The van der Waals surface area contributed by atoms with E-state index in [1.807, 2.05) is 97.1 Å². The van der Waals surface area contributed by atoms with Gasteiger partial charge in [0.05, 0.1) is 24.8 Å². The number of ether oxygens (including phenoxy) is 2. The van der Waals surface area contributed by atoms with Crippen LogP contribution in [0.4, 0.5) is 10.5 Å². The van der Waals surface area contributed by atoms with Gasteiger partial charge in [0.25, 0.3) is 0 Å². The van der Waals surface area contributed by atoms with E-state index in [4.69, 9.17) is 21.1 Å². The number of hydrogen-bond acceptors (Lipinski definition) is 7. The van der Waals surface area contributed by atoms with Crippen molar-refractivity contribution in [3.05, 3.63) is 125 Å². The van der Waals surface area contributed by atoms with Crippen molar-refractivity contribution in [1.82, 2.24) is 15.6 Å². The van der Waals surface area contributed by atoms with E-state index in [9.17, 15) is 9.59 Å². The molecule has 3 N–H and O–H groups in total. The molecule has 4 rings (SSSR count). The number of hydrogen-bond donors (Lipinski definition) is 3. The average molecular weight is 661 g/mol. The summed E-state index contributed by atoms with van der Waals surface area (Å²) in [5, 5.41) is 10.7. The molecule has 10 heteroatoms. The molecule has 46 heavy (non-hydrogen) atoms. The van der Waals surface area contributed by atoms with E-state index in [2.05, 4.69) is 27.9 Å². The molecular formula is C36H41ClN4O4S. The van der Waals surface area contributed by atoms with Gasteiger partial charge in [0.15, 0.2) is 0 Å². The molecule has 242 valence electrons. The van der Waals surface area contributed by atoms with Crippen LogP contribution in [0.25, 0.3) is 0 Å². The molecule has 0 saturated heterocycles. The molecule has 0 radical (unpaired) electrons. The maximum atomic E-state index is 14.1. The number of halogens is 1. The summed E-state index contributed by atoms with van der Waals surface area (Å²) in [4.78, 5) is 30.9. The molecule has 2 amide bonds. The molecule has 2 unspecified atom stereocenters. The molecule has 4 aromatic rings. The Morgan fingerprint density at radius 3 is 2.24 bits per heavy atom. The Labute approximate surface area is 280 Å². The Bertz CT molecular complexity index is 1470. The molecule has 8 nitrogen and oxygen atoms in total. The van der Waals surface area contributed by atoms with Gasteiger partial charge in [0.1, 0.15) is 11.1 Å². The van der Waals surface area contributed by atoms with Crippen molar-refractivity contribution in [1.29, 1.82) is 0 Å². The van der Waals surface area contributed by atoms with Crippen LogP contribution in [0.3, 0.4) is 0 Å². The fraction of sp³-hybridized carbons (Fsp3) is 0.306. The van der Waals surface area contributed by atoms with E-state index in [0.717, 1.165) is 40.4 Å². The van der Waals surface area contributed by atoms with Gasteiger partial charge >= 0.3 is 6.09 Å². The number of amides is 2. The molecule has 3 aromatic carbocycles. The lowest BCUT2D eigenvalue weighted by Gasteiger charge is -2.28. The second-order valence-electron chi connectivity index (χ2n) is 10.5. The summed E-state index contributed by atoms with van der Waals surface area (Å²) < 4.78 is 11.2. The van der Waals surface area contributed by atoms with Gasteiger partial charge in [-0.2, -0.15) is 0 Å². The molecular weight excluding hydrogens is 620 g/mol. The highest BCUT2D eigenvalue weighted by Gasteiger charge is 2.33. The smallest absolute Gasteiger partial charge is 0.407 e. The molecule has 0 fully saturated rings. The predicted molar refractivity (Wildman–Crippen MR) is 186 cm³/mol. The van der Waals surface area contributed by atoms with E-state index in [-0.39, 0.29) is 12.0 Å². The zero-order valence-electron chi connectivity index (χ0n) is 26.2. The van der Waals surface area contributed by atoms with Crippen LogP contribution in [0.2, 0.25) is 5.02 Å². The summed E-state index contributed by atoms with van der Waals surface area (Å²) in [6, 6.07) is 29.8. The van der Waals surface area contributed by atoms with Crippen molar-refractivity contribution in [2.24, 2.45) is 0 Å². The number of aromatic nitrogens is 1. The van der Waals surface area contributed by atoms with Gasteiger partial charge in [-0.15, -0.1) is 11.8 Å². The lowest BCUT2D eigenvalue weighted by molar-refractivity contribution is -0.118. The number of alkyl carbamates (subject to hydrolysis) is 1. The highest BCUT2D eigenvalue weighted by molar-refractivity contribution is 7.99. The Morgan fingerprint density at radius 2 is 1.59 bits per heavy atom. The lowest BCUT2D eigenvalue weighted by Crippen LogP contribution is -2.48. The number of thioether (sulfide) groups is 1. The van der Waals surface area contributed by atoms with Gasteiger partial charge in [-0.3, -0.25) is 4.79 Å². The number of carbonyl (C=O) groups is 2. The molecule has 0 bridgehead atoms. The van der Waals surface area contributed by atoms with Crippen molar-refractivity contribution in [3.63, 3.8) is 0 Å². The van der Waals surface area contributed by atoms with Gasteiger partial charge in [-0.05, 0) is 54.3 Å². The molecule has 1 aromatic heterocycles. The summed E-state index contributed by atoms with van der Waals surface area (Å²) in [6.07, 6.45) is 2.45. The van der Waals surface area contributed by atoms with Crippen molar-refractivity contribution >= 4 is 41.1 Å². The summed E-state index contributed by atoms with van der Waals surface area (Å²) in [5.41, 5.74) is 3.45. The monoisotopic (exact) mass is 660 g/mol. The summed E-state index contributed by atoms with van der Waals surface area (Å²) >= 11 is 7.81. The number of benzene rings is 3. The van der Waals surface area contributed by atoms with E-state index in [0.29, 0.717) is 30.3 Å². The van der Waals surface area contributed by atoms with E-state index >= 15 is 0 Å². The third kappa shape index (κ3) is 10.6. The molecule has 0 aliphatic rings. The SMILES string of the molecule is CCNCC(CCc1ccccc1NC(=O)C(NC(=O)OC)C(c1ccccc1)c1ccccc1)OCCSc1ncccc1Cl. The number of nitrogens with zero attached hydrogens (tertiary/aromatic N) is 1. The van der Waals surface area contributed by atoms with Crippen LogP contribution in [0.15, 0.2) is 108 Å². The Kier molecular flexibility index (Phi) is 14.4. The van der Waals surface area contributed by atoms with Gasteiger partial charge in [-0.25, -0.2) is 9.78 Å². The van der Waals surface area contributed by atoms with Crippen LogP contribution in [0.5, 0.6) is 0 Å². The minimum absolute atomic E-state index is 0.0298. The number of likely N-dealkylation sites (N-methyl/N-ethyl adjacent to an activating group) is 1. The Balaban J connectivity index is 1.47. The first-order valence-corrected chi connectivity index (χ1v) is 16.7. The maximum Gasteiger partial charge on any atom is 0.407 e. The normalized spacial score (nSPS) is 12.3. The summed E-state index contributed by atoms with van der Waals surface area (Å²) in [7, 11) is 1.29. The second kappa shape index (κ2) is 18.9. The number of nitrogens with one attached hydrogen (secondary N) is 3. The van der Waals surface area contributed by atoms with Gasteiger partial charge < -0.3 is 25.4 Å². The molecule has 0 aliphatic heterocycles. The zero-order chi connectivity index (χ0) is 32.6. The van der Waals surface area contributed by atoms with Gasteiger partial charge in [0, 0.05) is 30.1 Å². The third-order valence-corrected chi connectivity index (χ3v) is 8.81. The fourth-order valence-corrected chi connectivity index (χ4v) is 6.15. The Morgan fingerprint density at radius 1 is 0.913 bits per heavy atom. The molecule has 0 saturated carbocycles. The first-order valence-electron chi connectivity index (χ1n) is 15.4. The second-order valence-corrected chi connectivity index (χ2v) is 12.0. The standard InChI is InChI=1S/C36H41ClN4O4S/c1-3-38-25-29(45-23-24-46-35-30(37)18-12-22-39-35)21-20-26-13-10-11-19-31(26)40-34(42)33(41-36(43)44-2)32(27-14-6-4-7-15-27)28-16-8-5-9-17-28/h4-19,22,29,32-33,38H,3,20-21,23-25H2,1-2H3,(H,40,42)(H,41,43). The first kappa shape index (κ1) is 35.0. The predicted octanol–water partition coefficient (Wildman–Crippen LogP) is 6.95. The number of aryl methyl sites for hydroxylation is 1. The van der Waals surface area contributed by atoms with Crippen molar-refractivity contribution in [2.45, 2.75) is 42.9 Å². The van der Waals surface area contributed by atoms with E-state index < -0.39 is 18.1 Å². The van der Waals surface area contributed by atoms with E-state index in [1.165, 1.54) is 7.11 Å². The fourth-order valence-electron chi connectivity index (χ4n) is 5.15. The third-order valence-electron chi connectivity index (χ3n) is 7.43. The molecule has 0 spiro atoms. The lowest BCUT2D eigenvalue weighted by atomic mass is 9.84. The average Bonchev–Trinajstić information content (AvgIpc) is 3.09. The van der Waals surface area contributed by atoms with Crippen LogP contribution in [0.1, 0.15) is 36.0 Å². The number of methoxy groups -OCH3 is 1.